The molecule has 100 valence electrons. The van der Waals surface area contributed by atoms with E-state index in [1.807, 2.05) is 0 Å². The van der Waals surface area contributed by atoms with E-state index in [0.717, 1.165) is 19.3 Å². The number of ether oxygens (including phenoxy) is 1. The van der Waals surface area contributed by atoms with Crippen LogP contribution in [0.4, 0.5) is 0 Å². The van der Waals surface area contributed by atoms with Crippen LogP contribution in [0, 0.1) is 5.41 Å². The zero-order valence-electron chi connectivity index (χ0n) is 11.5. The van der Waals surface area contributed by atoms with Crippen molar-refractivity contribution >= 4 is 0 Å². The average molecular weight is 242 g/mol. The third-order valence-electron chi connectivity index (χ3n) is 5.03. The molecule has 3 nitrogen and oxygen atoms in total. The highest BCUT2D eigenvalue weighted by molar-refractivity contribution is 5.12. The predicted octanol–water partition coefficient (Wildman–Crippen LogP) is 2.25. The fourth-order valence-corrected chi connectivity index (χ4v) is 3.47. The van der Waals surface area contributed by atoms with E-state index in [-0.39, 0.29) is 17.6 Å². The summed E-state index contributed by atoms with van der Waals surface area (Å²) in [6.45, 7) is 8.36. The molecular weight excluding hydrogens is 216 g/mol. The van der Waals surface area contributed by atoms with Crippen molar-refractivity contribution < 1.29 is 14.9 Å². The van der Waals surface area contributed by atoms with Gasteiger partial charge in [0.1, 0.15) is 0 Å². The lowest BCUT2D eigenvalue weighted by Gasteiger charge is -2.53. The Bertz CT molecular complexity index is 287. The quantitative estimate of drug-likeness (QED) is 0.781. The first-order chi connectivity index (χ1) is 7.70. The van der Waals surface area contributed by atoms with Crippen LogP contribution in [0.5, 0.6) is 0 Å². The molecule has 0 aromatic rings. The van der Waals surface area contributed by atoms with Crippen molar-refractivity contribution in [1.29, 1.82) is 0 Å². The lowest BCUT2D eigenvalue weighted by atomic mass is 9.65. The van der Waals surface area contributed by atoms with Crippen molar-refractivity contribution in [2.75, 3.05) is 6.61 Å². The molecule has 0 amide bonds. The van der Waals surface area contributed by atoms with Gasteiger partial charge in [0.2, 0.25) is 0 Å². The summed E-state index contributed by atoms with van der Waals surface area (Å²) in [4.78, 5) is 0. The maximum atomic E-state index is 11.0. The minimum atomic E-state index is -0.736. The van der Waals surface area contributed by atoms with Crippen LogP contribution < -0.4 is 0 Å². The molecule has 17 heavy (non-hydrogen) atoms. The molecule has 0 radical (unpaired) electrons. The number of rotatable bonds is 2. The molecule has 2 rings (SSSR count). The van der Waals surface area contributed by atoms with Crippen LogP contribution in [0.2, 0.25) is 0 Å². The molecule has 2 bridgehead atoms. The van der Waals surface area contributed by atoms with Gasteiger partial charge in [0.15, 0.2) is 0 Å². The summed E-state index contributed by atoms with van der Waals surface area (Å²) in [5.74, 6) is 0. The fourth-order valence-electron chi connectivity index (χ4n) is 3.47. The van der Waals surface area contributed by atoms with Gasteiger partial charge in [-0.15, -0.1) is 0 Å². The van der Waals surface area contributed by atoms with Crippen molar-refractivity contribution in [3.8, 4) is 0 Å². The average Bonchev–Trinajstić information content (AvgIpc) is 2.52. The molecule has 3 atom stereocenters. The van der Waals surface area contributed by atoms with Crippen LogP contribution in [0.1, 0.15) is 59.8 Å². The maximum absolute atomic E-state index is 11.0. The SMILES string of the molecule is CC[C@]12CC[C@](CO)(C[C@@](O)(C(C)(C)C)C1)O2. The van der Waals surface area contributed by atoms with E-state index in [9.17, 15) is 10.2 Å². The van der Waals surface area contributed by atoms with Crippen LogP contribution in [-0.2, 0) is 4.74 Å². The van der Waals surface area contributed by atoms with E-state index in [2.05, 4.69) is 27.7 Å². The fraction of sp³-hybridized carbons (Fsp3) is 1.00. The van der Waals surface area contributed by atoms with E-state index < -0.39 is 11.2 Å². The molecule has 0 saturated carbocycles. The summed E-state index contributed by atoms with van der Waals surface area (Å²) in [6.07, 6.45) is 3.99. The van der Waals surface area contributed by atoms with Crippen molar-refractivity contribution in [2.24, 2.45) is 5.41 Å². The van der Waals surface area contributed by atoms with Crippen LogP contribution in [0.25, 0.3) is 0 Å². The monoisotopic (exact) mass is 242 g/mol. The molecule has 0 aromatic carbocycles. The van der Waals surface area contributed by atoms with Crippen molar-refractivity contribution in [3.63, 3.8) is 0 Å². The zero-order valence-corrected chi connectivity index (χ0v) is 11.5. The van der Waals surface area contributed by atoms with Gasteiger partial charge in [0, 0.05) is 12.8 Å². The van der Waals surface area contributed by atoms with Gasteiger partial charge in [0.05, 0.1) is 23.4 Å². The number of hydrogen-bond donors (Lipinski definition) is 2. The van der Waals surface area contributed by atoms with E-state index in [4.69, 9.17) is 4.74 Å². The van der Waals surface area contributed by atoms with Crippen molar-refractivity contribution in [2.45, 2.75) is 76.6 Å². The smallest absolute Gasteiger partial charge is 0.0948 e. The van der Waals surface area contributed by atoms with E-state index in [0.29, 0.717) is 12.8 Å². The van der Waals surface area contributed by atoms with Gasteiger partial charge < -0.3 is 14.9 Å². The Balaban J connectivity index is 2.36. The van der Waals surface area contributed by atoms with Gasteiger partial charge in [-0.2, -0.15) is 0 Å². The third-order valence-corrected chi connectivity index (χ3v) is 5.03. The van der Waals surface area contributed by atoms with E-state index >= 15 is 0 Å². The van der Waals surface area contributed by atoms with Gasteiger partial charge in [-0.1, -0.05) is 27.7 Å². The molecule has 2 saturated heterocycles. The van der Waals surface area contributed by atoms with Crippen molar-refractivity contribution in [1.82, 2.24) is 0 Å². The summed E-state index contributed by atoms with van der Waals surface area (Å²) < 4.78 is 6.15. The third kappa shape index (κ3) is 1.92. The summed E-state index contributed by atoms with van der Waals surface area (Å²) in [6, 6.07) is 0. The highest BCUT2D eigenvalue weighted by atomic mass is 16.5. The standard InChI is InChI=1S/C14H26O3/c1-5-12-6-7-13(10-15,17-12)9-14(16,8-12)11(2,3)4/h15-16H,5-10H2,1-4H3/t12-,13+,14+/m0/s1. The van der Waals surface area contributed by atoms with E-state index in [1.54, 1.807) is 0 Å². The topological polar surface area (TPSA) is 49.7 Å². The molecule has 0 aromatic heterocycles. The van der Waals surface area contributed by atoms with Gasteiger partial charge in [-0.05, 0) is 24.7 Å². The highest BCUT2D eigenvalue weighted by Gasteiger charge is 2.61. The van der Waals surface area contributed by atoms with Crippen LogP contribution in [0.15, 0.2) is 0 Å². The maximum Gasteiger partial charge on any atom is 0.0948 e. The Hall–Kier alpha value is -0.120. The number of aliphatic hydroxyl groups is 2. The molecule has 0 unspecified atom stereocenters. The van der Waals surface area contributed by atoms with Crippen LogP contribution >= 0.6 is 0 Å². The Morgan fingerprint density at radius 3 is 2.12 bits per heavy atom. The first kappa shape index (κ1) is 13.3. The second kappa shape index (κ2) is 3.69. The normalized spacial score (nSPS) is 46.2. The number of hydrogen-bond acceptors (Lipinski definition) is 3. The number of fused-ring (bicyclic) bond motifs is 2. The molecule has 2 aliphatic rings. The van der Waals surface area contributed by atoms with Gasteiger partial charge in [-0.25, -0.2) is 0 Å². The lowest BCUT2D eigenvalue weighted by Crippen LogP contribution is -2.59. The molecule has 2 N–H and O–H groups in total. The molecular formula is C14H26O3. The zero-order chi connectivity index (χ0) is 12.9. The largest absolute Gasteiger partial charge is 0.393 e. The lowest BCUT2D eigenvalue weighted by molar-refractivity contribution is -0.243. The second-order valence-electron chi connectivity index (χ2n) is 7.11. The molecule has 2 fully saturated rings. The van der Waals surface area contributed by atoms with Crippen LogP contribution in [-0.4, -0.2) is 33.6 Å². The summed E-state index contributed by atoms with van der Waals surface area (Å²) in [5.41, 5.74) is -1.64. The summed E-state index contributed by atoms with van der Waals surface area (Å²) in [7, 11) is 0. The summed E-state index contributed by atoms with van der Waals surface area (Å²) >= 11 is 0. The van der Waals surface area contributed by atoms with Crippen molar-refractivity contribution in [3.05, 3.63) is 0 Å². The molecule has 2 heterocycles. The Labute approximate surface area is 104 Å². The van der Waals surface area contributed by atoms with Gasteiger partial charge in [-0.3, -0.25) is 0 Å². The first-order valence-corrected chi connectivity index (χ1v) is 6.73. The predicted molar refractivity (Wildman–Crippen MR) is 66.8 cm³/mol. The van der Waals surface area contributed by atoms with Gasteiger partial charge in [0.25, 0.3) is 0 Å². The second-order valence-corrected chi connectivity index (χ2v) is 7.11. The molecule has 0 aliphatic carbocycles. The molecule has 2 aliphatic heterocycles. The minimum Gasteiger partial charge on any atom is -0.393 e. The van der Waals surface area contributed by atoms with E-state index in [1.165, 1.54) is 0 Å². The molecule has 3 heteroatoms. The Morgan fingerprint density at radius 2 is 1.65 bits per heavy atom. The Kier molecular flexibility index (Phi) is 2.89. The van der Waals surface area contributed by atoms with Gasteiger partial charge >= 0.3 is 0 Å². The van der Waals surface area contributed by atoms with Crippen LogP contribution in [0.3, 0.4) is 0 Å². The number of aliphatic hydroxyl groups excluding tert-OH is 1. The first-order valence-electron chi connectivity index (χ1n) is 6.73. The molecule has 0 spiro atoms. The Morgan fingerprint density at radius 1 is 1.12 bits per heavy atom. The highest BCUT2D eigenvalue weighted by Crippen LogP contribution is 2.57. The summed E-state index contributed by atoms with van der Waals surface area (Å²) in [5, 5.41) is 20.6. The minimum absolute atomic E-state index is 0.0210.